The molecule has 0 bridgehead atoms. The number of carbonyl (C=O) groups is 4. The largest absolute Gasteiger partial charge is 0.469 e. The van der Waals surface area contributed by atoms with Gasteiger partial charge < -0.3 is 26.4 Å². The van der Waals surface area contributed by atoms with Gasteiger partial charge in [0.15, 0.2) is 0 Å². The molecule has 1 aliphatic heterocycles. The molecule has 2 atom stereocenters. The summed E-state index contributed by atoms with van der Waals surface area (Å²) < 4.78 is 32.0. The maximum Gasteiger partial charge on any atom is 0.312 e. The Kier molecular flexibility index (Phi) is 9.79. The number of nitrogen functional groups attached to an aromatic ring is 1. The normalized spacial score (nSPS) is 16.3. The number of nitrogens with two attached hydrogens (primary N) is 1. The molecule has 1 fully saturated rings. The maximum absolute atomic E-state index is 13.0. The Balaban J connectivity index is 1.53. The van der Waals surface area contributed by atoms with E-state index in [-0.39, 0.29) is 31.1 Å². The van der Waals surface area contributed by atoms with Crippen molar-refractivity contribution >= 4 is 39.4 Å². The summed E-state index contributed by atoms with van der Waals surface area (Å²) >= 11 is 0. The van der Waals surface area contributed by atoms with Crippen LogP contribution < -0.4 is 21.7 Å². The minimum Gasteiger partial charge on any atom is -0.469 e. The smallest absolute Gasteiger partial charge is 0.312 e. The third-order valence-corrected chi connectivity index (χ3v) is 7.94. The summed E-state index contributed by atoms with van der Waals surface area (Å²) in [5, 5.41) is 7.60. The first-order chi connectivity index (χ1) is 18.1. The molecule has 0 spiro atoms. The van der Waals surface area contributed by atoms with Crippen LogP contribution in [0, 0.1) is 5.92 Å². The van der Waals surface area contributed by atoms with E-state index in [0.717, 1.165) is 4.31 Å². The molecule has 2 aromatic rings. The third-order valence-electron chi connectivity index (χ3n) is 6.02. The van der Waals surface area contributed by atoms with E-state index in [1.165, 1.54) is 25.3 Å². The second-order valence-corrected chi connectivity index (χ2v) is 10.6. The van der Waals surface area contributed by atoms with Gasteiger partial charge in [-0.2, -0.15) is 4.31 Å². The van der Waals surface area contributed by atoms with Crippen LogP contribution in [0.4, 0.5) is 5.69 Å². The van der Waals surface area contributed by atoms with Crippen LogP contribution >= 0.6 is 0 Å². The van der Waals surface area contributed by atoms with Crippen molar-refractivity contribution < 1.29 is 32.3 Å². The lowest BCUT2D eigenvalue weighted by Crippen LogP contribution is -2.49. The fourth-order valence-corrected chi connectivity index (χ4v) is 5.68. The molecule has 1 saturated heterocycles. The number of rotatable bonds is 11. The molecule has 1 heterocycles. The van der Waals surface area contributed by atoms with E-state index in [9.17, 15) is 27.6 Å². The van der Waals surface area contributed by atoms with Crippen LogP contribution in [0.25, 0.3) is 0 Å². The van der Waals surface area contributed by atoms with Gasteiger partial charge in [0.1, 0.15) is 6.04 Å². The van der Waals surface area contributed by atoms with Gasteiger partial charge in [-0.1, -0.05) is 24.3 Å². The Bertz CT molecular complexity index is 1270. The Morgan fingerprint density at radius 3 is 2.42 bits per heavy atom. The minimum absolute atomic E-state index is 0.0951. The molecule has 3 rings (SSSR count). The third kappa shape index (κ3) is 7.29. The van der Waals surface area contributed by atoms with E-state index in [1.807, 2.05) is 0 Å². The lowest BCUT2D eigenvalue weighted by atomic mass is 10.1. The van der Waals surface area contributed by atoms with Crippen LogP contribution in [-0.2, 0) is 29.1 Å². The highest BCUT2D eigenvalue weighted by atomic mass is 32.2. The number of anilines is 1. The number of sulfonamides is 1. The van der Waals surface area contributed by atoms with Crippen molar-refractivity contribution in [3.8, 4) is 0 Å². The molecule has 0 aromatic heterocycles. The Hall–Kier alpha value is -3.97. The van der Waals surface area contributed by atoms with Crippen LogP contribution in [0.5, 0.6) is 0 Å². The van der Waals surface area contributed by atoms with Gasteiger partial charge in [-0.3, -0.25) is 19.2 Å². The highest BCUT2D eigenvalue weighted by Crippen LogP contribution is 2.26. The molecule has 5 N–H and O–H groups in total. The molecule has 0 radical (unpaired) electrons. The van der Waals surface area contributed by atoms with Gasteiger partial charge in [-0.05, 0) is 43.2 Å². The molecular weight excluding hydrogens is 514 g/mol. The van der Waals surface area contributed by atoms with E-state index in [1.54, 1.807) is 36.4 Å². The van der Waals surface area contributed by atoms with Crippen LogP contribution in [0.1, 0.15) is 23.2 Å². The van der Waals surface area contributed by atoms with Gasteiger partial charge in [0.25, 0.3) is 5.91 Å². The number of esters is 1. The minimum atomic E-state index is -3.87. The number of hydrogen-bond acceptors (Lipinski definition) is 8. The summed E-state index contributed by atoms with van der Waals surface area (Å²) in [5.74, 6) is -3.20. The monoisotopic (exact) mass is 545 g/mol. The first-order valence-corrected chi connectivity index (χ1v) is 13.4. The van der Waals surface area contributed by atoms with Crippen molar-refractivity contribution in [2.75, 3.05) is 39.0 Å². The van der Waals surface area contributed by atoms with Gasteiger partial charge in [0, 0.05) is 30.9 Å². The van der Waals surface area contributed by atoms with Crippen LogP contribution in [0.15, 0.2) is 59.5 Å². The van der Waals surface area contributed by atoms with E-state index in [0.29, 0.717) is 24.1 Å². The van der Waals surface area contributed by atoms with E-state index >= 15 is 0 Å². The molecular formula is C25H31N5O7S. The molecule has 204 valence electrons. The second kappa shape index (κ2) is 13.0. The fraction of sp³-hybridized carbons (Fsp3) is 0.360. The van der Waals surface area contributed by atoms with Crippen molar-refractivity contribution in [1.29, 1.82) is 0 Å². The summed E-state index contributed by atoms with van der Waals surface area (Å²) in [6.45, 7) is -0.497. The zero-order valence-corrected chi connectivity index (χ0v) is 21.7. The Morgan fingerprint density at radius 2 is 1.74 bits per heavy atom. The van der Waals surface area contributed by atoms with E-state index in [2.05, 4.69) is 16.0 Å². The topological polar surface area (TPSA) is 177 Å². The quantitative estimate of drug-likeness (QED) is 0.223. The molecule has 1 aliphatic rings. The van der Waals surface area contributed by atoms with Crippen LogP contribution in [0.2, 0.25) is 0 Å². The average Bonchev–Trinajstić information content (AvgIpc) is 3.43. The lowest BCUT2D eigenvalue weighted by Gasteiger charge is -2.24. The average molecular weight is 546 g/mol. The molecule has 3 amide bonds. The zero-order chi connectivity index (χ0) is 27.7. The number of methoxy groups -OCH3 is 1. The van der Waals surface area contributed by atoms with Gasteiger partial charge in [0.2, 0.25) is 21.8 Å². The van der Waals surface area contributed by atoms with Gasteiger partial charge in [0.05, 0.1) is 24.5 Å². The van der Waals surface area contributed by atoms with E-state index < -0.39 is 45.7 Å². The van der Waals surface area contributed by atoms with Crippen molar-refractivity contribution in [3.63, 3.8) is 0 Å². The number of amides is 3. The number of nitrogens with one attached hydrogen (secondary N) is 3. The summed E-state index contributed by atoms with van der Waals surface area (Å²) in [7, 11) is -2.69. The highest BCUT2D eigenvalue weighted by Gasteiger charge is 2.39. The predicted octanol–water partition coefficient (Wildman–Crippen LogP) is -0.126. The molecule has 0 aliphatic carbocycles. The molecule has 2 aromatic carbocycles. The van der Waals surface area contributed by atoms with Crippen molar-refractivity contribution in [3.05, 3.63) is 60.2 Å². The van der Waals surface area contributed by atoms with Gasteiger partial charge in [-0.25, -0.2) is 8.42 Å². The SMILES string of the molecule is COC(=O)C(CNC(=O)CNC(=O)c1cccc(N)c1)CNC(=O)[C@H]1CCCN1S(=O)(=O)c1ccccc1. The van der Waals surface area contributed by atoms with Gasteiger partial charge in [-0.15, -0.1) is 0 Å². The summed E-state index contributed by atoms with van der Waals surface area (Å²) in [6.07, 6.45) is 0.853. The van der Waals surface area contributed by atoms with Crippen molar-refractivity contribution in [2.45, 2.75) is 23.8 Å². The van der Waals surface area contributed by atoms with Crippen molar-refractivity contribution in [2.24, 2.45) is 5.92 Å². The number of nitrogens with zero attached hydrogens (tertiary/aromatic N) is 1. The Labute approximate surface area is 220 Å². The number of ether oxygens (including phenoxy) is 1. The molecule has 12 nitrogen and oxygen atoms in total. The molecule has 0 saturated carbocycles. The second-order valence-electron chi connectivity index (χ2n) is 8.66. The number of hydrogen-bond donors (Lipinski definition) is 4. The number of carbonyl (C=O) groups excluding carboxylic acids is 4. The van der Waals surface area contributed by atoms with Crippen LogP contribution in [0.3, 0.4) is 0 Å². The standard InChI is InChI=1S/C25H31N5O7S/c1-37-25(34)18(14-27-22(31)16-29-23(32)17-7-5-8-19(26)13-17)15-28-24(33)21-11-6-12-30(21)38(35,36)20-9-3-2-4-10-20/h2-5,7-10,13,18,21H,6,11-12,14-16,26H2,1H3,(H,27,31)(H,28,33)(H,29,32)/t18?,21-/m1/s1. The summed E-state index contributed by atoms with van der Waals surface area (Å²) in [5.41, 5.74) is 6.35. The van der Waals surface area contributed by atoms with E-state index in [4.69, 9.17) is 10.5 Å². The maximum atomic E-state index is 13.0. The van der Waals surface area contributed by atoms with Crippen molar-refractivity contribution in [1.82, 2.24) is 20.3 Å². The first kappa shape index (κ1) is 28.6. The fourth-order valence-electron chi connectivity index (χ4n) is 4.01. The highest BCUT2D eigenvalue weighted by molar-refractivity contribution is 7.89. The lowest BCUT2D eigenvalue weighted by molar-refractivity contribution is -0.145. The zero-order valence-electron chi connectivity index (χ0n) is 20.9. The Morgan fingerprint density at radius 1 is 1.03 bits per heavy atom. The molecule has 38 heavy (non-hydrogen) atoms. The summed E-state index contributed by atoms with van der Waals surface area (Å²) in [6, 6.07) is 13.2. The van der Waals surface area contributed by atoms with Crippen LogP contribution in [-0.4, -0.2) is 75.7 Å². The predicted molar refractivity (Wildman–Crippen MR) is 138 cm³/mol. The molecule has 13 heteroatoms. The molecule has 1 unspecified atom stereocenters. The first-order valence-electron chi connectivity index (χ1n) is 12.0. The number of benzene rings is 2. The van der Waals surface area contributed by atoms with Gasteiger partial charge >= 0.3 is 5.97 Å². The summed E-state index contributed by atoms with van der Waals surface area (Å²) in [4.78, 5) is 49.6.